The Hall–Kier alpha value is -2.85. The molecule has 0 aliphatic heterocycles. The second kappa shape index (κ2) is 7.88. The number of nitrogens with zero attached hydrogens (tertiary/aromatic N) is 6. The van der Waals surface area contributed by atoms with Crippen molar-refractivity contribution in [3.05, 3.63) is 58.7 Å². The predicted molar refractivity (Wildman–Crippen MR) is 111 cm³/mol. The number of aromatic nitrogens is 5. The third-order valence-corrected chi connectivity index (χ3v) is 5.98. The van der Waals surface area contributed by atoms with E-state index in [1.165, 1.54) is 41.0 Å². The molecular weight excluding hydrogens is 411 g/mol. The molecule has 0 aliphatic rings. The fourth-order valence-corrected chi connectivity index (χ4v) is 4.80. The van der Waals surface area contributed by atoms with Gasteiger partial charge in [0.1, 0.15) is 11.6 Å². The predicted octanol–water partition coefficient (Wildman–Crippen LogP) is 4.31. The molecule has 0 radical (unpaired) electrons. The van der Waals surface area contributed by atoms with Crippen LogP contribution in [0.2, 0.25) is 0 Å². The summed E-state index contributed by atoms with van der Waals surface area (Å²) in [6.07, 6.45) is 0. The lowest BCUT2D eigenvalue weighted by molar-refractivity contribution is -0.115. The van der Waals surface area contributed by atoms with Crippen LogP contribution in [0, 0.1) is 19.7 Å². The number of carbonyl (C=O) groups is 1. The molecule has 4 aromatic rings. The van der Waals surface area contributed by atoms with E-state index in [0.29, 0.717) is 10.9 Å². The van der Waals surface area contributed by atoms with Crippen molar-refractivity contribution in [2.75, 3.05) is 4.90 Å². The average molecular weight is 429 g/mol. The molecule has 0 atom stereocenters. The van der Waals surface area contributed by atoms with Gasteiger partial charge in [-0.05, 0) is 26.0 Å². The number of halogens is 1. The molecule has 1 amide bonds. The molecule has 0 unspecified atom stereocenters. The molecule has 0 bridgehead atoms. The first kappa shape index (κ1) is 19.5. The minimum absolute atomic E-state index is 0.189. The lowest BCUT2D eigenvalue weighted by atomic mass is 10.3. The molecule has 7 nitrogen and oxygen atoms in total. The average Bonchev–Trinajstić information content (AvgIpc) is 3.28. The van der Waals surface area contributed by atoms with E-state index >= 15 is 0 Å². The number of fused-ring (bicyclic) bond motifs is 1. The van der Waals surface area contributed by atoms with Gasteiger partial charge in [-0.1, -0.05) is 23.9 Å². The lowest BCUT2D eigenvalue weighted by Gasteiger charge is -2.18. The first-order chi connectivity index (χ1) is 13.9. The van der Waals surface area contributed by atoms with E-state index in [9.17, 15) is 9.18 Å². The Balaban J connectivity index is 1.57. The van der Waals surface area contributed by atoms with E-state index in [1.54, 1.807) is 18.2 Å². The van der Waals surface area contributed by atoms with E-state index in [2.05, 4.69) is 20.2 Å². The fraction of sp³-hybridized carbons (Fsp3) is 0.211. The highest BCUT2D eigenvalue weighted by atomic mass is 32.2. The van der Waals surface area contributed by atoms with Crippen molar-refractivity contribution in [3.63, 3.8) is 0 Å². The summed E-state index contributed by atoms with van der Waals surface area (Å²) in [5, 5.41) is 11.4. The summed E-state index contributed by atoms with van der Waals surface area (Å²) in [6.45, 7) is 5.22. The van der Waals surface area contributed by atoms with Crippen LogP contribution in [-0.2, 0) is 10.5 Å². The number of anilines is 2. The molecule has 29 heavy (non-hydrogen) atoms. The van der Waals surface area contributed by atoms with Gasteiger partial charge in [0.25, 0.3) is 0 Å². The Bertz CT molecular complexity index is 1200. The number of thiazole rings is 1. The third-order valence-electron chi connectivity index (χ3n) is 4.15. The normalized spacial score (nSPS) is 11.2. The summed E-state index contributed by atoms with van der Waals surface area (Å²) in [6, 6.07) is 8.04. The van der Waals surface area contributed by atoms with Gasteiger partial charge in [-0.25, -0.2) is 14.4 Å². The van der Waals surface area contributed by atoms with Gasteiger partial charge in [0, 0.05) is 29.8 Å². The third kappa shape index (κ3) is 3.85. The second-order valence-corrected chi connectivity index (χ2v) is 8.12. The maximum Gasteiger partial charge on any atom is 0.230 e. The zero-order valence-corrected chi connectivity index (χ0v) is 17.6. The topological polar surface area (TPSA) is 76.3 Å². The highest BCUT2D eigenvalue weighted by molar-refractivity contribution is 7.98. The van der Waals surface area contributed by atoms with Gasteiger partial charge >= 0.3 is 0 Å². The zero-order chi connectivity index (χ0) is 20.5. The number of thioether (sulfide) groups is 1. The lowest BCUT2D eigenvalue weighted by Crippen LogP contribution is -2.23. The van der Waals surface area contributed by atoms with Crippen LogP contribution in [0.3, 0.4) is 0 Å². The standard InChI is InChI=1S/C19H17FN6OS2/c1-11-8-17-23-24-19(25(17)12(2)21-11)29-10-14-9-28-18(22-14)26(13(3)27)16-7-5-4-6-15(16)20/h4-9H,10H2,1-3H3. The van der Waals surface area contributed by atoms with Crippen LogP contribution in [0.15, 0.2) is 40.9 Å². The van der Waals surface area contributed by atoms with Crippen LogP contribution in [0.4, 0.5) is 15.2 Å². The highest BCUT2D eigenvalue weighted by Crippen LogP contribution is 2.32. The molecule has 4 rings (SSSR count). The van der Waals surface area contributed by atoms with Crippen LogP contribution < -0.4 is 4.90 Å². The second-order valence-electron chi connectivity index (χ2n) is 6.34. The molecule has 0 saturated heterocycles. The summed E-state index contributed by atoms with van der Waals surface area (Å²) in [7, 11) is 0. The van der Waals surface area contributed by atoms with Crippen molar-refractivity contribution in [3.8, 4) is 0 Å². The largest absolute Gasteiger partial charge is 0.274 e. The SMILES string of the molecule is CC(=O)N(c1nc(CSc2nnc3cc(C)nc(C)n23)cs1)c1ccccc1F. The molecule has 1 aromatic carbocycles. The molecule has 0 saturated carbocycles. The van der Waals surface area contributed by atoms with E-state index in [-0.39, 0.29) is 11.6 Å². The molecule has 3 aromatic heterocycles. The Kier molecular flexibility index (Phi) is 5.29. The Morgan fingerprint density at radius 2 is 2.03 bits per heavy atom. The summed E-state index contributed by atoms with van der Waals surface area (Å²) < 4.78 is 16.1. The van der Waals surface area contributed by atoms with Crippen LogP contribution in [-0.4, -0.2) is 30.5 Å². The smallest absolute Gasteiger partial charge is 0.230 e. The van der Waals surface area contributed by atoms with E-state index in [4.69, 9.17) is 0 Å². The van der Waals surface area contributed by atoms with E-state index < -0.39 is 5.82 Å². The monoisotopic (exact) mass is 428 g/mol. The van der Waals surface area contributed by atoms with Crippen molar-refractivity contribution in [1.29, 1.82) is 0 Å². The molecule has 3 heterocycles. The molecular formula is C19H17FN6OS2. The van der Waals surface area contributed by atoms with Crippen molar-refractivity contribution in [2.24, 2.45) is 0 Å². The number of para-hydroxylation sites is 1. The molecule has 0 N–H and O–H groups in total. The van der Waals surface area contributed by atoms with E-state index in [0.717, 1.165) is 28.0 Å². The number of benzene rings is 1. The van der Waals surface area contributed by atoms with Gasteiger partial charge in [0.15, 0.2) is 15.9 Å². The Morgan fingerprint density at radius 3 is 2.79 bits per heavy atom. The summed E-state index contributed by atoms with van der Waals surface area (Å²) >= 11 is 2.77. The highest BCUT2D eigenvalue weighted by Gasteiger charge is 2.21. The van der Waals surface area contributed by atoms with Crippen molar-refractivity contribution in [1.82, 2.24) is 24.6 Å². The van der Waals surface area contributed by atoms with Crippen LogP contribution in [0.1, 0.15) is 24.1 Å². The zero-order valence-electron chi connectivity index (χ0n) is 16.0. The number of hydrogen-bond donors (Lipinski definition) is 0. The van der Waals surface area contributed by atoms with Crippen LogP contribution in [0.5, 0.6) is 0 Å². The van der Waals surface area contributed by atoms with Gasteiger partial charge in [-0.3, -0.25) is 14.1 Å². The maximum absolute atomic E-state index is 14.2. The van der Waals surface area contributed by atoms with Gasteiger partial charge in [-0.15, -0.1) is 21.5 Å². The molecule has 0 spiro atoms. The number of carbonyl (C=O) groups excluding carboxylic acids is 1. The molecule has 0 fully saturated rings. The minimum Gasteiger partial charge on any atom is -0.274 e. The van der Waals surface area contributed by atoms with Crippen molar-refractivity contribution in [2.45, 2.75) is 31.7 Å². The van der Waals surface area contributed by atoms with Gasteiger partial charge in [-0.2, -0.15) is 0 Å². The summed E-state index contributed by atoms with van der Waals surface area (Å²) in [5.41, 5.74) is 2.60. The fourth-order valence-electron chi connectivity index (χ4n) is 2.94. The Labute approximate surface area is 174 Å². The first-order valence-electron chi connectivity index (χ1n) is 8.76. The van der Waals surface area contributed by atoms with E-state index in [1.807, 2.05) is 29.7 Å². The van der Waals surface area contributed by atoms with Crippen molar-refractivity contribution < 1.29 is 9.18 Å². The minimum atomic E-state index is -0.470. The van der Waals surface area contributed by atoms with Gasteiger partial charge < -0.3 is 0 Å². The number of aryl methyl sites for hydroxylation is 2. The van der Waals surface area contributed by atoms with Gasteiger partial charge in [0.2, 0.25) is 5.91 Å². The quantitative estimate of drug-likeness (QED) is 0.441. The Morgan fingerprint density at radius 1 is 1.24 bits per heavy atom. The van der Waals surface area contributed by atoms with Gasteiger partial charge in [0.05, 0.1) is 11.4 Å². The summed E-state index contributed by atoms with van der Waals surface area (Å²) in [5.74, 6) is 0.577. The number of amides is 1. The maximum atomic E-state index is 14.2. The van der Waals surface area contributed by atoms with Crippen molar-refractivity contribution >= 4 is 45.5 Å². The van der Waals surface area contributed by atoms with Crippen LogP contribution in [0.25, 0.3) is 5.65 Å². The first-order valence-corrected chi connectivity index (χ1v) is 10.6. The molecule has 148 valence electrons. The van der Waals surface area contributed by atoms with Crippen LogP contribution >= 0.6 is 23.1 Å². The summed E-state index contributed by atoms with van der Waals surface area (Å²) in [4.78, 5) is 22.4. The number of rotatable bonds is 5. The molecule has 10 heteroatoms. The molecule has 0 aliphatic carbocycles. The number of hydrogen-bond acceptors (Lipinski definition) is 7.